The van der Waals surface area contributed by atoms with Gasteiger partial charge in [0.2, 0.25) is 0 Å². The van der Waals surface area contributed by atoms with Crippen LogP contribution in [0, 0.1) is 5.92 Å². The summed E-state index contributed by atoms with van der Waals surface area (Å²) in [5.41, 5.74) is 1.64. The van der Waals surface area contributed by atoms with Gasteiger partial charge in [0.15, 0.2) is 6.29 Å². The summed E-state index contributed by atoms with van der Waals surface area (Å²) in [4.78, 5) is 0. The molecule has 31 heavy (non-hydrogen) atoms. The zero-order chi connectivity index (χ0) is 22.3. The van der Waals surface area contributed by atoms with Crippen LogP contribution in [0.5, 0.6) is 11.5 Å². The van der Waals surface area contributed by atoms with Gasteiger partial charge < -0.3 is 19.3 Å². The fraction of sp³-hybridized carbons (Fsp3) is 0.500. The quantitative estimate of drug-likeness (QED) is 0.465. The predicted octanol–water partition coefficient (Wildman–Crippen LogP) is 6.32. The third-order valence-corrected chi connectivity index (χ3v) is 5.40. The maximum atomic E-state index is 12.3. The summed E-state index contributed by atoms with van der Waals surface area (Å²) >= 11 is 0. The Morgan fingerprint density at radius 3 is 1.97 bits per heavy atom. The summed E-state index contributed by atoms with van der Waals surface area (Å²) in [5.74, 6) is 0.888. The number of halogens is 3. The van der Waals surface area contributed by atoms with Crippen molar-refractivity contribution >= 4 is 0 Å². The maximum absolute atomic E-state index is 12.3. The van der Waals surface area contributed by atoms with E-state index in [9.17, 15) is 18.3 Å². The summed E-state index contributed by atoms with van der Waals surface area (Å²) in [6, 6.07) is 13.1. The minimum absolute atomic E-state index is 0.175. The molecule has 1 atom stereocenters. The first-order chi connectivity index (χ1) is 14.8. The van der Waals surface area contributed by atoms with Crippen LogP contribution in [0.1, 0.15) is 45.4 Å². The van der Waals surface area contributed by atoms with Crippen LogP contribution in [0.15, 0.2) is 48.5 Å². The number of hydrogen-bond donors (Lipinski definition) is 1. The van der Waals surface area contributed by atoms with Gasteiger partial charge in [-0.15, -0.1) is 13.2 Å². The fourth-order valence-electron chi connectivity index (χ4n) is 3.69. The Kier molecular flexibility index (Phi) is 8.21. The lowest BCUT2D eigenvalue weighted by atomic mass is 9.88. The molecule has 170 valence electrons. The Bertz CT molecular complexity index is 782. The van der Waals surface area contributed by atoms with Crippen molar-refractivity contribution in [1.82, 2.24) is 0 Å². The van der Waals surface area contributed by atoms with Crippen molar-refractivity contribution in [3.05, 3.63) is 48.5 Å². The molecule has 0 bridgehead atoms. The maximum Gasteiger partial charge on any atom is 0.573 e. The molecule has 2 aromatic rings. The van der Waals surface area contributed by atoms with E-state index in [1.807, 2.05) is 24.3 Å². The second-order valence-electron chi connectivity index (χ2n) is 7.94. The van der Waals surface area contributed by atoms with Gasteiger partial charge in [-0.3, -0.25) is 0 Å². The van der Waals surface area contributed by atoms with Gasteiger partial charge in [0.25, 0.3) is 0 Å². The molecule has 0 heterocycles. The highest BCUT2D eigenvalue weighted by Crippen LogP contribution is 2.29. The molecule has 2 aromatic carbocycles. The van der Waals surface area contributed by atoms with Crippen molar-refractivity contribution in [3.8, 4) is 22.6 Å². The number of benzene rings is 2. The van der Waals surface area contributed by atoms with E-state index in [0.29, 0.717) is 18.3 Å². The number of hydrogen-bond acceptors (Lipinski definition) is 4. The van der Waals surface area contributed by atoms with Crippen LogP contribution in [0.2, 0.25) is 0 Å². The van der Waals surface area contributed by atoms with Crippen LogP contribution in [0.3, 0.4) is 0 Å². The van der Waals surface area contributed by atoms with E-state index >= 15 is 0 Å². The lowest BCUT2D eigenvalue weighted by Crippen LogP contribution is -2.27. The Morgan fingerprint density at radius 1 is 0.903 bits per heavy atom. The number of aliphatic hydroxyl groups excluding tert-OH is 1. The molecule has 3 rings (SSSR count). The topological polar surface area (TPSA) is 47.9 Å². The zero-order valence-corrected chi connectivity index (χ0v) is 17.6. The highest BCUT2D eigenvalue weighted by atomic mass is 19.4. The van der Waals surface area contributed by atoms with Gasteiger partial charge in [0, 0.05) is 6.42 Å². The van der Waals surface area contributed by atoms with Crippen molar-refractivity contribution in [3.63, 3.8) is 0 Å². The molecular weight excluding hydrogens is 409 g/mol. The molecular formula is C24H29F3O4. The van der Waals surface area contributed by atoms with E-state index in [1.165, 1.54) is 12.1 Å². The molecule has 0 amide bonds. The molecule has 1 saturated carbocycles. The highest BCUT2D eigenvalue weighted by molar-refractivity contribution is 5.64. The summed E-state index contributed by atoms with van der Waals surface area (Å²) < 4.78 is 52.8. The molecule has 0 spiro atoms. The number of ether oxygens (including phenoxy) is 3. The van der Waals surface area contributed by atoms with E-state index in [2.05, 4.69) is 11.7 Å². The normalized spacial score (nSPS) is 20.3. The van der Waals surface area contributed by atoms with E-state index in [-0.39, 0.29) is 18.1 Å². The third kappa shape index (κ3) is 7.74. The first-order valence-electron chi connectivity index (χ1n) is 10.7. The smallest absolute Gasteiger partial charge is 0.465 e. The summed E-state index contributed by atoms with van der Waals surface area (Å²) in [6.45, 7) is 2.70. The molecule has 1 unspecified atom stereocenters. The molecule has 0 aliphatic heterocycles. The Balaban J connectivity index is 1.55. The molecule has 0 saturated heterocycles. The number of alkyl halides is 3. The predicted molar refractivity (Wildman–Crippen MR) is 112 cm³/mol. The Labute approximate surface area is 180 Å². The second kappa shape index (κ2) is 10.9. The lowest BCUT2D eigenvalue weighted by molar-refractivity contribution is -0.274. The van der Waals surface area contributed by atoms with Gasteiger partial charge in [-0.1, -0.05) is 37.6 Å². The van der Waals surface area contributed by atoms with Crippen LogP contribution in [-0.4, -0.2) is 30.5 Å². The molecule has 1 aliphatic carbocycles. The Hall–Kier alpha value is -2.25. The fourth-order valence-corrected chi connectivity index (χ4v) is 3.69. The average Bonchev–Trinajstić information content (AvgIpc) is 2.73. The van der Waals surface area contributed by atoms with Crippen molar-refractivity contribution < 1.29 is 32.5 Å². The van der Waals surface area contributed by atoms with Gasteiger partial charge in [-0.05, 0) is 67.0 Å². The highest BCUT2D eigenvalue weighted by Gasteiger charge is 2.31. The van der Waals surface area contributed by atoms with E-state index in [4.69, 9.17) is 9.47 Å². The summed E-state index contributed by atoms with van der Waals surface area (Å²) in [5, 5.41) is 9.63. The molecule has 1 fully saturated rings. The SMILES string of the molecule is CCCC(OCC1CCC(O)CC1)Oc1ccc(-c2ccc(OC(F)(F)F)cc2)cc1. The Morgan fingerprint density at radius 2 is 1.45 bits per heavy atom. The molecule has 1 N–H and O–H groups in total. The van der Waals surface area contributed by atoms with Gasteiger partial charge >= 0.3 is 6.36 Å². The molecule has 7 heteroatoms. The lowest BCUT2D eigenvalue weighted by Gasteiger charge is -2.27. The number of aliphatic hydroxyl groups is 1. The number of rotatable bonds is 9. The zero-order valence-electron chi connectivity index (χ0n) is 17.6. The van der Waals surface area contributed by atoms with E-state index < -0.39 is 6.36 Å². The van der Waals surface area contributed by atoms with Gasteiger partial charge in [0.1, 0.15) is 11.5 Å². The monoisotopic (exact) mass is 438 g/mol. The van der Waals surface area contributed by atoms with Crippen molar-refractivity contribution in [2.45, 2.75) is 64.2 Å². The van der Waals surface area contributed by atoms with Crippen LogP contribution in [0.25, 0.3) is 11.1 Å². The summed E-state index contributed by atoms with van der Waals surface area (Å²) in [7, 11) is 0. The van der Waals surface area contributed by atoms with Crippen molar-refractivity contribution in [1.29, 1.82) is 0 Å². The first kappa shape index (κ1) is 23.4. The van der Waals surface area contributed by atoms with Gasteiger partial charge in [-0.2, -0.15) is 0 Å². The largest absolute Gasteiger partial charge is 0.573 e. The second-order valence-corrected chi connectivity index (χ2v) is 7.94. The van der Waals surface area contributed by atoms with Crippen molar-refractivity contribution in [2.24, 2.45) is 5.92 Å². The average molecular weight is 438 g/mol. The standard InChI is InChI=1S/C24H29F3O4/c1-2-3-23(29-16-17-4-10-20(28)11-5-17)30-21-12-6-18(7-13-21)19-8-14-22(15-9-19)31-24(25,26)27/h6-9,12-15,17,20,23,28H,2-5,10-11,16H2,1H3. The van der Waals surface area contributed by atoms with Crippen LogP contribution >= 0.6 is 0 Å². The van der Waals surface area contributed by atoms with Crippen LogP contribution < -0.4 is 9.47 Å². The van der Waals surface area contributed by atoms with Crippen LogP contribution in [-0.2, 0) is 4.74 Å². The van der Waals surface area contributed by atoms with Crippen LogP contribution in [0.4, 0.5) is 13.2 Å². The van der Waals surface area contributed by atoms with Crippen molar-refractivity contribution in [2.75, 3.05) is 6.61 Å². The minimum atomic E-state index is -4.70. The molecule has 0 radical (unpaired) electrons. The summed E-state index contributed by atoms with van der Waals surface area (Å²) in [6.07, 6.45) is 0.109. The van der Waals surface area contributed by atoms with E-state index in [0.717, 1.165) is 49.7 Å². The van der Waals surface area contributed by atoms with E-state index in [1.54, 1.807) is 12.1 Å². The first-order valence-corrected chi connectivity index (χ1v) is 10.7. The minimum Gasteiger partial charge on any atom is -0.465 e. The molecule has 1 aliphatic rings. The third-order valence-electron chi connectivity index (χ3n) is 5.40. The van der Waals surface area contributed by atoms with Gasteiger partial charge in [-0.25, -0.2) is 0 Å². The molecule has 4 nitrogen and oxygen atoms in total. The van der Waals surface area contributed by atoms with Gasteiger partial charge in [0.05, 0.1) is 12.7 Å². The molecule has 0 aromatic heterocycles.